The van der Waals surface area contributed by atoms with Crippen molar-refractivity contribution in [2.24, 2.45) is 0 Å². The molecule has 0 bridgehead atoms. The molecular formula is C17H27FN2. The van der Waals surface area contributed by atoms with Gasteiger partial charge in [0.2, 0.25) is 0 Å². The minimum atomic E-state index is -0.140. The highest BCUT2D eigenvalue weighted by atomic mass is 19.1. The van der Waals surface area contributed by atoms with E-state index in [1.807, 2.05) is 12.1 Å². The van der Waals surface area contributed by atoms with Gasteiger partial charge in [-0.3, -0.25) is 0 Å². The van der Waals surface area contributed by atoms with Crippen LogP contribution in [0.1, 0.15) is 46.0 Å². The molecule has 1 saturated carbocycles. The van der Waals surface area contributed by atoms with E-state index < -0.39 is 0 Å². The highest BCUT2D eigenvalue weighted by molar-refractivity contribution is 5.47. The Hall–Kier alpha value is -1.09. The number of hydrogen-bond acceptors (Lipinski definition) is 2. The maximum atomic E-state index is 13.4. The Labute approximate surface area is 122 Å². The molecule has 1 fully saturated rings. The molecule has 0 amide bonds. The lowest BCUT2D eigenvalue weighted by Crippen LogP contribution is -2.42. The van der Waals surface area contributed by atoms with Gasteiger partial charge in [0.05, 0.1) is 0 Å². The second kappa shape index (κ2) is 7.63. The first-order valence-electron chi connectivity index (χ1n) is 8.00. The maximum absolute atomic E-state index is 13.4. The molecule has 0 saturated heterocycles. The fraction of sp³-hybridized carbons (Fsp3) is 0.647. The van der Waals surface area contributed by atoms with Gasteiger partial charge < -0.3 is 10.2 Å². The number of nitrogens with one attached hydrogen (secondary N) is 1. The van der Waals surface area contributed by atoms with E-state index >= 15 is 0 Å². The largest absolute Gasteiger partial charge is 0.369 e. The van der Waals surface area contributed by atoms with Crippen LogP contribution in [0.2, 0.25) is 0 Å². The summed E-state index contributed by atoms with van der Waals surface area (Å²) in [7, 11) is 0. The molecule has 112 valence electrons. The zero-order valence-electron chi connectivity index (χ0n) is 12.7. The average molecular weight is 278 g/mol. The van der Waals surface area contributed by atoms with Gasteiger partial charge in [0.1, 0.15) is 5.82 Å². The fourth-order valence-corrected chi connectivity index (χ4v) is 3.25. The Morgan fingerprint density at radius 2 is 1.95 bits per heavy atom. The fourth-order valence-electron chi connectivity index (χ4n) is 3.25. The van der Waals surface area contributed by atoms with Crippen molar-refractivity contribution in [2.45, 2.75) is 58.0 Å². The first-order valence-corrected chi connectivity index (χ1v) is 8.00. The summed E-state index contributed by atoms with van der Waals surface area (Å²) in [4.78, 5) is 2.36. The third-order valence-electron chi connectivity index (χ3n) is 4.30. The lowest BCUT2D eigenvalue weighted by atomic mass is 9.89. The molecule has 0 heterocycles. The summed E-state index contributed by atoms with van der Waals surface area (Å²) in [5, 5.41) is 3.62. The summed E-state index contributed by atoms with van der Waals surface area (Å²) in [5.74, 6) is -0.140. The van der Waals surface area contributed by atoms with Crippen LogP contribution < -0.4 is 10.2 Å². The van der Waals surface area contributed by atoms with E-state index in [4.69, 9.17) is 0 Å². The van der Waals surface area contributed by atoms with E-state index in [-0.39, 0.29) is 5.82 Å². The number of nitrogens with zero attached hydrogens (tertiary/aromatic N) is 1. The van der Waals surface area contributed by atoms with Gasteiger partial charge in [-0.05, 0) is 63.8 Å². The molecule has 3 heteroatoms. The van der Waals surface area contributed by atoms with E-state index in [0.717, 1.165) is 18.8 Å². The minimum absolute atomic E-state index is 0.140. The highest BCUT2D eigenvalue weighted by Crippen LogP contribution is 2.27. The molecular weight excluding hydrogens is 251 g/mol. The number of hydrogen-bond donors (Lipinski definition) is 1. The molecule has 20 heavy (non-hydrogen) atoms. The molecule has 0 aliphatic heterocycles. The van der Waals surface area contributed by atoms with Gasteiger partial charge in [0.15, 0.2) is 0 Å². The molecule has 0 spiro atoms. The minimum Gasteiger partial charge on any atom is -0.369 e. The van der Waals surface area contributed by atoms with Crippen molar-refractivity contribution in [1.82, 2.24) is 5.32 Å². The molecule has 2 nitrogen and oxygen atoms in total. The molecule has 1 aliphatic rings. The molecule has 1 N–H and O–H groups in total. The highest BCUT2D eigenvalue weighted by Gasteiger charge is 2.25. The Morgan fingerprint density at radius 1 is 1.20 bits per heavy atom. The van der Waals surface area contributed by atoms with Crippen molar-refractivity contribution in [2.75, 3.05) is 18.0 Å². The predicted molar refractivity (Wildman–Crippen MR) is 83.8 cm³/mol. The lowest BCUT2D eigenvalue weighted by Gasteiger charge is -2.38. The molecule has 0 atom stereocenters. The van der Waals surface area contributed by atoms with Crippen LogP contribution in [0.5, 0.6) is 0 Å². The smallest absolute Gasteiger partial charge is 0.125 e. The van der Waals surface area contributed by atoms with Gasteiger partial charge in [-0.2, -0.15) is 0 Å². The summed E-state index contributed by atoms with van der Waals surface area (Å²) >= 11 is 0. The Kier molecular flexibility index (Phi) is 5.84. The third-order valence-corrected chi connectivity index (χ3v) is 4.30. The third kappa shape index (κ3) is 3.95. The van der Waals surface area contributed by atoms with E-state index in [2.05, 4.69) is 24.1 Å². The summed E-state index contributed by atoms with van der Waals surface area (Å²) in [6.07, 6.45) is 6.06. The topological polar surface area (TPSA) is 15.3 Å². The second-order valence-electron chi connectivity index (χ2n) is 5.73. The van der Waals surface area contributed by atoms with Crippen LogP contribution in [-0.4, -0.2) is 25.2 Å². The van der Waals surface area contributed by atoms with E-state index in [1.54, 1.807) is 6.07 Å². The molecule has 0 aromatic heterocycles. The maximum Gasteiger partial charge on any atom is 0.125 e. The van der Waals surface area contributed by atoms with Crippen LogP contribution in [0.4, 0.5) is 10.1 Å². The zero-order chi connectivity index (χ0) is 14.4. The number of anilines is 1. The van der Waals surface area contributed by atoms with Gasteiger partial charge in [0.25, 0.3) is 0 Å². The van der Waals surface area contributed by atoms with Gasteiger partial charge in [-0.15, -0.1) is 0 Å². The monoisotopic (exact) mass is 278 g/mol. The van der Waals surface area contributed by atoms with E-state index in [0.29, 0.717) is 12.1 Å². The Balaban J connectivity index is 1.93. The van der Waals surface area contributed by atoms with Crippen molar-refractivity contribution in [3.63, 3.8) is 0 Å². The summed E-state index contributed by atoms with van der Waals surface area (Å²) in [5.41, 5.74) is 1.03. The van der Waals surface area contributed by atoms with Crippen LogP contribution >= 0.6 is 0 Å². The second-order valence-corrected chi connectivity index (χ2v) is 5.73. The predicted octanol–water partition coefficient (Wildman–Crippen LogP) is 3.96. The van der Waals surface area contributed by atoms with Crippen LogP contribution in [0.25, 0.3) is 0 Å². The van der Waals surface area contributed by atoms with Gasteiger partial charge in [-0.1, -0.05) is 13.0 Å². The van der Waals surface area contributed by atoms with Crippen molar-refractivity contribution in [3.05, 3.63) is 30.1 Å². The standard InChI is InChI=1S/C17H27FN2/c1-3-12-19-15-8-10-16(11-9-15)20(4-2)17-7-5-6-14(18)13-17/h5-7,13,15-16,19H,3-4,8-12H2,1-2H3. The first-order chi connectivity index (χ1) is 9.74. The number of rotatable bonds is 6. The Morgan fingerprint density at radius 3 is 2.55 bits per heavy atom. The van der Waals surface area contributed by atoms with E-state index in [9.17, 15) is 4.39 Å². The van der Waals surface area contributed by atoms with Crippen LogP contribution in [-0.2, 0) is 0 Å². The zero-order valence-corrected chi connectivity index (χ0v) is 12.7. The van der Waals surface area contributed by atoms with E-state index in [1.165, 1.54) is 38.2 Å². The molecule has 1 aliphatic carbocycles. The first kappa shape index (κ1) is 15.3. The normalized spacial score (nSPS) is 22.8. The molecule has 1 aromatic carbocycles. The lowest BCUT2D eigenvalue weighted by molar-refractivity contribution is 0.333. The van der Waals surface area contributed by atoms with Crippen molar-refractivity contribution < 1.29 is 4.39 Å². The summed E-state index contributed by atoms with van der Waals surface area (Å²) < 4.78 is 13.4. The molecule has 1 aromatic rings. The van der Waals surface area contributed by atoms with Gasteiger partial charge in [0, 0.05) is 24.3 Å². The van der Waals surface area contributed by atoms with Crippen molar-refractivity contribution >= 4 is 5.69 Å². The summed E-state index contributed by atoms with van der Waals surface area (Å²) in [6.45, 7) is 6.44. The van der Waals surface area contributed by atoms with Crippen molar-refractivity contribution in [3.8, 4) is 0 Å². The molecule has 0 radical (unpaired) electrons. The SMILES string of the molecule is CCCNC1CCC(N(CC)c2cccc(F)c2)CC1. The quantitative estimate of drug-likeness (QED) is 0.847. The van der Waals surface area contributed by atoms with Crippen molar-refractivity contribution in [1.29, 1.82) is 0 Å². The molecule has 2 rings (SSSR count). The van der Waals surface area contributed by atoms with Crippen LogP contribution in [0, 0.1) is 5.82 Å². The van der Waals surface area contributed by atoms with Crippen LogP contribution in [0.15, 0.2) is 24.3 Å². The van der Waals surface area contributed by atoms with Crippen LogP contribution in [0.3, 0.4) is 0 Å². The summed E-state index contributed by atoms with van der Waals surface area (Å²) in [6, 6.07) is 8.24. The molecule has 0 unspecified atom stereocenters. The average Bonchev–Trinajstić information content (AvgIpc) is 2.47. The number of benzene rings is 1. The van der Waals surface area contributed by atoms with Gasteiger partial charge >= 0.3 is 0 Å². The van der Waals surface area contributed by atoms with Gasteiger partial charge in [-0.25, -0.2) is 4.39 Å². The number of halogens is 1. The Bertz CT molecular complexity index is 400.